The zero-order chi connectivity index (χ0) is 11.4. The summed E-state index contributed by atoms with van der Waals surface area (Å²) in [6.07, 6.45) is 5.00. The molecule has 3 N–H and O–H groups in total. The van der Waals surface area contributed by atoms with Crippen LogP contribution in [-0.4, -0.2) is 12.6 Å². The van der Waals surface area contributed by atoms with Gasteiger partial charge in [-0.3, -0.25) is 0 Å². The van der Waals surface area contributed by atoms with Gasteiger partial charge in [-0.2, -0.15) is 0 Å². The minimum atomic E-state index is 0.177. The van der Waals surface area contributed by atoms with E-state index >= 15 is 0 Å². The average molecular weight is 218 g/mol. The fraction of sp³-hybridized carbons (Fsp3) is 0.571. The molecule has 1 saturated heterocycles. The molecule has 0 radical (unpaired) electrons. The number of hydrogen-bond donors (Lipinski definition) is 2. The molecular weight excluding hydrogens is 196 g/mol. The highest BCUT2D eigenvalue weighted by atomic mass is 14.9. The molecule has 0 aromatic heterocycles. The minimum Gasteiger partial charge on any atom is -0.324 e. The van der Waals surface area contributed by atoms with Gasteiger partial charge in [-0.25, -0.2) is 0 Å². The second-order valence-corrected chi connectivity index (χ2v) is 4.90. The van der Waals surface area contributed by atoms with Crippen molar-refractivity contribution in [1.82, 2.24) is 5.32 Å². The molecular formula is C14H22N2. The first-order valence-corrected chi connectivity index (χ1v) is 6.31. The van der Waals surface area contributed by atoms with E-state index in [1.807, 2.05) is 0 Å². The Morgan fingerprint density at radius 2 is 2.06 bits per heavy atom. The summed E-state index contributed by atoms with van der Waals surface area (Å²) in [5.41, 5.74) is 8.80. The van der Waals surface area contributed by atoms with Gasteiger partial charge in [0.25, 0.3) is 0 Å². The lowest BCUT2D eigenvalue weighted by Crippen LogP contribution is -2.36. The van der Waals surface area contributed by atoms with Gasteiger partial charge in [0.05, 0.1) is 0 Å². The zero-order valence-corrected chi connectivity index (χ0v) is 10.1. The van der Waals surface area contributed by atoms with Crippen LogP contribution in [-0.2, 0) is 0 Å². The normalized spacial score (nSPS) is 23.0. The summed E-state index contributed by atoms with van der Waals surface area (Å²) in [5.74, 6) is 0. The van der Waals surface area contributed by atoms with Gasteiger partial charge in [0.15, 0.2) is 0 Å². The molecule has 1 fully saturated rings. The van der Waals surface area contributed by atoms with Crippen molar-refractivity contribution in [2.45, 2.75) is 44.7 Å². The summed E-state index contributed by atoms with van der Waals surface area (Å²) in [4.78, 5) is 0. The number of aryl methyl sites for hydroxylation is 1. The van der Waals surface area contributed by atoms with Crippen LogP contribution in [0.15, 0.2) is 24.3 Å². The number of nitrogens with two attached hydrogens (primary N) is 1. The van der Waals surface area contributed by atoms with Gasteiger partial charge in [0.2, 0.25) is 0 Å². The van der Waals surface area contributed by atoms with Crippen molar-refractivity contribution in [3.63, 3.8) is 0 Å². The minimum absolute atomic E-state index is 0.177. The predicted octanol–water partition coefficient (Wildman–Crippen LogP) is 2.53. The van der Waals surface area contributed by atoms with Crippen molar-refractivity contribution in [1.29, 1.82) is 0 Å². The summed E-state index contributed by atoms with van der Waals surface area (Å²) in [5, 5.41) is 3.55. The van der Waals surface area contributed by atoms with Gasteiger partial charge in [-0.15, -0.1) is 0 Å². The van der Waals surface area contributed by atoms with Crippen molar-refractivity contribution in [3.05, 3.63) is 35.4 Å². The van der Waals surface area contributed by atoms with Gasteiger partial charge >= 0.3 is 0 Å². The first kappa shape index (κ1) is 11.6. The number of nitrogens with one attached hydrogen (secondary N) is 1. The van der Waals surface area contributed by atoms with Crippen LogP contribution >= 0.6 is 0 Å². The molecule has 0 saturated carbocycles. The predicted molar refractivity (Wildman–Crippen MR) is 68.4 cm³/mol. The molecule has 2 nitrogen and oxygen atoms in total. The van der Waals surface area contributed by atoms with Gasteiger partial charge < -0.3 is 11.1 Å². The maximum atomic E-state index is 6.24. The van der Waals surface area contributed by atoms with Crippen molar-refractivity contribution in [2.24, 2.45) is 5.73 Å². The number of rotatable bonds is 3. The standard InChI is InChI=1S/C14H22N2/c1-11-5-7-12(8-6-11)14(15)10-13-4-2-3-9-16-13/h5-8,13-14,16H,2-4,9-10,15H2,1H3. The summed E-state index contributed by atoms with van der Waals surface area (Å²) in [6, 6.07) is 9.39. The highest BCUT2D eigenvalue weighted by Crippen LogP contribution is 2.20. The van der Waals surface area contributed by atoms with E-state index in [4.69, 9.17) is 5.73 Å². The molecule has 16 heavy (non-hydrogen) atoms. The molecule has 0 bridgehead atoms. The van der Waals surface area contributed by atoms with Crippen LogP contribution < -0.4 is 11.1 Å². The second-order valence-electron chi connectivity index (χ2n) is 4.90. The van der Waals surface area contributed by atoms with E-state index in [9.17, 15) is 0 Å². The molecule has 1 aromatic rings. The highest BCUT2D eigenvalue weighted by molar-refractivity contribution is 5.23. The average Bonchev–Trinajstić information content (AvgIpc) is 2.31. The molecule has 1 aliphatic heterocycles. The van der Waals surface area contributed by atoms with Crippen LogP contribution in [0.5, 0.6) is 0 Å². The van der Waals surface area contributed by atoms with Crippen LogP contribution in [0.4, 0.5) is 0 Å². The first-order valence-electron chi connectivity index (χ1n) is 6.31. The number of piperidine rings is 1. The van der Waals surface area contributed by atoms with E-state index in [1.165, 1.54) is 30.4 Å². The first-order chi connectivity index (χ1) is 7.75. The van der Waals surface area contributed by atoms with Gasteiger partial charge in [0.1, 0.15) is 0 Å². The summed E-state index contributed by atoms with van der Waals surface area (Å²) >= 11 is 0. The van der Waals surface area contributed by atoms with Crippen LogP contribution in [0.1, 0.15) is 42.9 Å². The van der Waals surface area contributed by atoms with E-state index in [2.05, 4.69) is 36.5 Å². The monoisotopic (exact) mass is 218 g/mol. The summed E-state index contributed by atoms with van der Waals surface area (Å²) in [7, 11) is 0. The lowest BCUT2D eigenvalue weighted by Gasteiger charge is -2.26. The van der Waals surface area contributed by atoms with Crippen LogP contribution in [0.3, 0.4) is 0 Å². The summed E-state index contributed by atoms with van der Waals surface area (Å²) < 4.78 is 0. The van der Waals surface area contributed by atoms with E-state index in [1.54, 1.807) is 0 Å². The van der Waals surface area contributed by atoms with Crippen molar-refractivity contribution < 1.29 is 0 Å². The van der Waals surface area contributed by atoms with Crippen molar-refractivity contribution >= 4 is 0 Å². The Morgan fingerprint density at radius 1 is 1.31 bits per heavy atom. The lowest BCUT2D eigenvalue weighted by molar-refractivity contribution is 0.362. The smallest absolute Gasteiger partial charge is 0.0309 e. The highest BCUT2D eigenvalue weighted by Gasteiger charge is 2.16. The maximum absolute atomic E-state index is 6.24. The van der Waals surface area contributed by atoms with Gasteiger partial charge in [-0.1, -0.05) is 36.2 Å². The molecule has 0 spiro atoms. The van der Waals surface area contributed by atoms with Crippen molar-refractivity contribution in [3.8, 4) is 0 Å². The Kier molecular flexibility index (Phi) is 3.97. The number of hydrogen-bond acceptors (Lipinski definition) is 2. The molecule has 2 atom stereocenters. The molecule has 2 unspecified atom stereocenters. The Bertz CT molecular complexity index is 312. The topological polar surface area (TPSA) is 38.0 Å². The zero-order valence-electron chi connectivity index (χ0n) is 10.1. The third-order valence-corrected chi connectivity index (χ3v) is 3.46. The van der Waals surface area contributed by atoms with E-state index in [0.29, 0.717) is 6.04 Å². The van der Waals surface area contributed by atoms with E-state index < -0.39 is 0 Å². The third kappa shape index (κ3) is 3.06. The van der Waals surface area contributed by atoms with Crippen molar-refractivity contribution in [2.75, 3.05) is 6.54 Å². The maximum Gasteiger partial charge on any atom is 0.0309 e. The van der Waals surface area contributed by atoms with Gasteiger partial charge in [0, 0.05) is 12.1 Å². The Morgan fingerprint density at radius 3 is 2.69 bits per heavy atom. The third-order valence-electron chi connectivity index (χ3n) is 3.46. The molecule has 1 heterocycles. The molecule has 0 aliphatic carbocycles. The lowest BCUT2D eigenvalue weighted by atomic mass is 9.94. The Labute approximate surface area is 98.2 Å². The summed E-state index contributed by atoms with van der Waals surface area (Å²) in [6.45, 7) is 3.27. The van der Waals surface area contributed by atoms with Crippen LogP contribution in [0.2, 0.25) is 0 Å². The fourth-order valence-corrected chi connectivity index (χ4v) is 2.38. The molecule has 2 rings (SSSR count). The molecule has 1 aromatic carbocycles. The molecule has 0 amide bonds. The Hall–Kier alpha value is -0.860. The fourth-order valence-electron chi connectivity index (χ4n) is 2.38. The van der Waals surface area contributed by atoms with E-state index in [0.717, 1.165) is 13.0 Å². The quantitative estimate of drug-likeness (QED) is 0.818. The van der Waals surface area contributed by atoms with Gasteiger partial charge in [-0.05, 0) is 38.3 Å². The molecule has 1 aliphatic rings. The molecule has 88 valence electrons. The van der Waals surface area contributed by atoms with Crippen LogP contribution in [0, 0.1) is 6.92 Å². The van der Waals surface area contributed by atoms with E-state index in [-0.39, 0.29) is 6.04 Å². The Balaban J connectivity index is 1.91. The second kappa shape index (κ2) is 5.46. The van der Waals surface area contributed by atoms with Crippen LogP contribution in [0.25, 0.3) is 0 Å². The number of benzene rings is 1. The largest absolute Gasteiger partial charge is 0.324 e. The SMILES string of the molecule is Cc1ccc(C(N)CC2CCCCN2)cc1. The molecule has 2 heteroatoms.